The van der Waals surface area contributed by atoms with Crippen LogP contribution in [0.15, 0.2) is 24.4 Å². The molecule has 0 bridgehead atoms. The quantitative estimate of drug-likeness (QED) is 0.777. The summed E-state index contributed by atoms with van der Waals surface area (Å²) in [5.41, 5.74) is 4.75. The number of fused-ring (bicyclic) bond motifs is 1. The number of hydrogen-bond donors (Lipinski definition) is 2. The molecule has 1 fully saturated rings. The average molecular weight is 323 g/mol. The minimum Gasteiger partial charge on any atom is -0.340 e. The van der Waals surface area contributed by atoms with Crippen LogP contribution in [0.25, 0.3) is 11.0 Å². The molecular formula is C18H21N5O. The number of imidazole rings is 1. The number of aromatic amines is 2. The Kier molecular flexibility index (Phi) is 3.59. The number of rotatable bonds is 3. The number of hydrogen-bond acceptors (Lipinski definition) is 3. The van der Waals surface area contributed by atoms with Crippen LogP contribution in [0.2, 0.25) is 0 Å². The maximum Gasteiger partial charge on any atom is 0.257 e. The molecule has 1 atom stereocenters. The SMILES string of the molecule is CCc1[nH]ncc1C(=O)N1CCC[C@@H]1c1nc2ccc(C)cc2[nH]1. The van der Waals surface area contributed by atoms with E-state index < -0.39 is 0 Å². The fourth-order valence-corrected chi connectivity index (χ4v) is 3.52. The van der Waals surface area contributed by atoms with Crippen LogP contribution in [0.5, 0.6) is 0 Å². The summed E-state index contributed by atoms with van der Waals surface area (Å²) in [5.74, 6) is 0.919. The molecule has 0 unspecified atom stereocenters. The molecule has 0 spiro atoms. The molecule has 1 aliphatic heterocycles. The third kappa shape index (κ3) is 2.38. The van der Waals surface area contributed by atoms with E-state index in [9.17, 15) is 4.79 Å². The van der Waals surface area contributed by atoms with Gasteiger partial charge in [0.25, 0.3) is 5.91 Å². The average Bonchev–Trinajstić information content (AvgIpc) is 3.30. The molecule has 1 aliphatic rings. The molecule has 3 heterocycles. The second-order valence-corrected chi connectivity index (χ2v) is 6.42. The van der Waals surface area contributed by atoms with Gasteiger partial charge in [-0.15, -0.1) is 0 Å². The van der Waals surface area contributed by atoms with Gasteiger partial charge in [0.2, 0.25) is 0 Å². The van der Waals surface area contributed by atoms with E-state index >= 15 is 0 Å². The number of carbonyl (C=O) groups excluding carboxylic acids is 1. The molecule has 2 aromatic heterocycles. The molecule has 6 heteroatoms. The normalized spacial score (nSPS) is 17.8. The first-order valence-corrected chi connectivity index (χ1v) is 8.47. The van der Waals surface area contributed by atoms with Crippen molar-refractivity contribution in [1.29, 1.82) is 0 Å². The summed E-state index contributed by atoms with van der Waals surface area (Å²) in [5, 5.41) is 6.95. The Hall–Kier alpha value is -2.63. The number of aryl methyl sites for hydroxylation is 2. The van der Waals surface area contributed by atoms with Crippen molar-refractivity contribution < 1.29 is 4.79 Å². The standard InChI is InChI=1S/C18H21N5O/c1-3-13-12(10-19-22-13)18(24)23-8-4-5-16(23)17-20-14-7-6-11(2)9-15(14)21-17/h6-7,9-10,16H,3-5,8H2,1-2H3,(H,19,22)(H,20,21)/t16-/m1/s1. The molecule has 6 nitrogen and oxygen atoms in total. The molecule has 1 aromatic carbocycles. The monoisotopic (exact) mass is 323 g/mol. The first kappa shape index (κ1) is 14.9. The van der Waals surface area contributed by atoms with E-state index in [1.807, 2.05) is 17.9 Å². The summed E-state index contributed by atoms with van der Waals surface area (Å²) in [6.07, 6.45) is 4.33. The summed E-state index contributed by atoms with van der Waals surface area (Å²) in [6, 6.07) is 6.18. The lowest BCUT2D eigenvalue weighted by Gasteiger charge is -2.23. The zero-order valence-electron chi connectivity index (χ0n) is 14.0. The smallest absolute Gasteiger partial charge is 0.257 e. The second kappa shape index (κ2) is 5.78. The fourth-order valence-electron chi connectivity index (χ4n) is 3.52. The van der Waals surface area contributed by atoms with Crippen LogP contribution in [0.3, 0.4) is 0 Å². The van der Waals surface area contributed by atoms with Gasteiger partial charge in [-0.2, -0.15) is 5.10 Å². The molecule has 0 aliphatic carbocycles. The number of H-pyrrole nitrogens is 2. The first-order chi connectivity index (χ1) is 11.7. The van der Waals surface area contributed by atoms with Gasteiger partial charge in [-0.05, 0) is 43.9 Å². The van der Waals surface area contributed by atoms with Crippen molar-refractivity contribution >= 4 is 16.9 Å². The number of nitrogens with one attached hydrogen (secondary N) is 2. The number of aromatic nitrogens is 4. The van der Waals surface area contributed by atoms with E-state index in [2.05, 4.69) is 34.2 Å². The fraction of sp³-hybridized carbons (Fsp3) is 0.389. The Morgan fingerprint density at radius 3 is 3.12 bits per heavy atom. The van der Waals surface area contributed by atoms with Gasteiger partial charge < -0.3 is 9.88 Å². The van der Waals surface area contributed by atoms with Crippen molar-refractivity contribution in [3.8, 4) is 0 Å². The highest BCUT2D eigenvalue weighted by molar-refractivity contribution is 5.95. The van der Waals surface area contributed by atoms with Crippen molar-refractivity contribution in [3.05, 3.63) is 47.0 Å². The van der Waals surface area contributed by atoms with Gasteiger partial charge in [0.15, 0.2) is 0 Å². The minimum atomic E-state index is 0.00446. The number of benzene rings is 1. The van der Waals surface area contributed by atoms with E-state index in [1.54, 1.807) is 6.20 Å². The van der Waals surface area contributed by atoms with Gasteiger partial charge in [-0.25, -0.2) is 4.98 Å². The van der Waals surface area contributed by atoms with Crippen LogP contribution in [-0.4, -0.2) is 37.5 Å². The molecule has 0 saturated carbocycles. The maximum absolute atomic E-state index is 13.0. The van der Waals surface area contributed by atoms with Crippen molar-refractivity contribution in [2.24, 2.45) is 0 Å². The summed E-state index contributed by atoms with van der Waals surface area (Å²) >= 11 is 0. The van der Waals surface area contributed by atoms with Crippen molar-refractivity contribution in [2.75, 3.05) is 6.54 Å². The van der Waals surface area contributed by atoms with Gasteiger partial charge in [-0.1, -0.05) is 13.0 Å². The van der Waals surface area contributed by atoms with E-state index in [1.165, 1.54) is 5.56 Å². The predicted octanol–water partition coefficient (Wildman–Crippen LogP) is 3.13. The van der Waals surface area contributed by atoms with E-state index in [0.717, 1.165) is 48.4 Å². The van der Waals surface area contributed by atoms with Gasteiger partial charge in [0, 0.05) is 12.2 Å². The number of carbonyl (C=O) groups is 1. The molecule has 3 aromatic rings. The highest BCUT2D eigenvalue weighted by Gasteiger charge is 2.33. The van der Waals surface area contributed by atoms with Crippen LogP contribution in [0, 0.1) is 6.92 Å². The Bertz CT molecular complexity index is 894. The van der Waals surface area contributed by atoms with Crippen molar-refractivity contribution in [3.63, 3.8) is 0 Å². The summed E-state index contributed by atoms with van der Waals surface area (Å²) < 4.78 is 0. The lowest BCUT2D eigenvalue weighted by Crippen LogP contribution is -2.31. The topological polar surface area (TPSA) is 77.7 Å². The molecular weight excluding hydrogens is 302 g/mol. The van der Waals surface area contributed by atoms with Crippen LogP contribution in [0.4, 0.5) is 0 Å². The third-order valence-corrected chi connectivity index (χ3v) is 4.79. The zero-order valence-corrected chi connectivity index (χ0v) is 14.0. The van der Waals surface area contributed by atoms with E-state index in [4.69, 9.17) is 4.98 Å². The Morgan fingerprint density at radius 1 is 1.42 bits per heavy atom. The number of nitrogens with zero attached hydrogens (tertiary/aromatic N) is 3. The van der Waals surface area contributed by atoms with Gasteiger partial charge >= 0.3 is 0 Å². The van der Waals surface area contributed by atoms with Crippen molar-refractivity contribution in [1.82, 2.24) is 25.1 Å². The molecule has 0 radical (unpaired) electrons. The molecule has 2 N–H and O–H groups in total. The Balaban J connectivity index is 1.67. The lowest BCUT2D eigenvalue weighted by atomic mass is 10.1. The number of likely N-dealkylation sites (tertiary alicyclic amines) is 1. The van der Waals surface area contributed by atoms with Crippen LogP contribution >= 0.6 is 0 Å². The lowest BCUT2D eigenvalue weighted by molar-refractivity contribution is 0.0729. The van der Waals surface area contributed by atoms with Crippen LogP contribution in [-0.2, 0) is 6.42 Å². The van der Waals surface area contributed by atoms with Crippen molar-refractivity contribution in [2.45, 2.75) is 39.2 Å². The zero-order chi connectivity index (χ0) is 16.7. The van der Waals surface area contributed by atoms with E-state index in [0.29, 0.717) is 5.56 Å². The highest BCUT2D eigenvalue weighted by atomic mass is 16.2. The second-order valence-electron chi connectivity index (χ2n) is 6.42. The molecule has 1 saturated heterocycles. The molecule has 1 amide bonds. The number of amides is 1. The Morgan fingerprint density at radius 2 is 2.29 bits per heavy atom. The summed E-state index contributed by atoms with van der Waals surface area (Å²) in [6.45, 7) is 4.85. The summed E-state index contributed by atoms with van der Waals surface area (Å²) in [4.78, 5) is 23.0. The molecule has 4 rings (SSSR count). The highest BCUT2D eigenvalue weighted by Crippen LogP contribution is 2.33. The third-order valence-electron chi connectivity index (χ3n) is 4.79. The van der Waals surface area contributed by atoms with Gasteiger partial charge in [0.05, 0.1) is 28.8 Å². The van der Waals surface area contributed by atoms with E-state index in [-0.39, 0.29) is 11.9 Å². The van der Waals surface area contributed by atoms with Gasteiger partial charge in [0.1, 0.15) is 5.82 Å². The van der Waals surface area contributed by atoms with Crippen LogP contribution < -0.4 is 0 Å². The Labute approximate surface area is 140 Å². The summed E-state index contributed by atoms with van der Waals surface area (Å²) in [7, 11) is 0. The first-order valence-electron chi connectivity index (χ1n) is 8.47. The van der Waals surface area contributed by atoms with Gasteiger partial charge in [-0.3, -0.25) is 9.89 Å². The maximum atomic E-state index is 13.0. The van der Waals surface area contributed by atoms with Crippen LogP contribution in [0.1, 0.15) is 53.2 Å². The molecule has 124 valence electrons. The molecule has 24 heavy (non-hydrogen) atoms. The largest absolute Gasteiger partial charge is 0.340 e. The predicted molar refractivity (Wildman–Crippen MR) is 91.8 cm³/mol. The minimum absolute atomic E-state index is 0.00446.